The highest BCUT2D eigenvalue weighted by Crippen LogP contribution is 2.26. The molecule has 0 aromatic heterocycles. The minimum Gasteiger partial charge on any atom is -0.497 e. The van der Waals surface area contributed by atoms with E-state index >= 15 is 0 Å². The van der Waals surface area contributed by atoms with E-state index in [1.165, 1.54) is 12.1 Å². The Balaban J connectivity index is 2.14. The van der Waals surface area contributed by atoms with Crippen molar-refractivity contribution < 1.29 is 13.9 Å². The van der Waals surface area contributed by atoms with Crippen LogP contribution in [0.25, 0.3) is 0 Å². The topological polar surface area (TPSA) is 30.5 Å². The van der Waals surface area contributed by atoms with Crippen molar-refractivity contribution in [3.8, 4) is 11.5 Å². The Labute approximate surface area is 118 Å². The number of hydrogen-bond acceptors (Lipinski definition) is 3. The van der Waals surface area contributed by atoms with Gasteiger partial charge < -0.3 is 14.8 Å². The molecule has 0 atom stereocenters. The lowest BCUT2D eigenvalue weighted by Gasteiger charge is -2.13. The molecule has 0 unspecified atom stereocenters. The molecule has 0 aliphatic carbocycles. The second-order valence-corrected chi connectivity index (χ2v) is 4.49. The molecule has 0 amide bonds. The summed E-state index contributed by atoms with van der Waals surface area (Å²) in [7, 11) is 3.25. The first-order valence-electron chi connectivity index (χ1n) is 6.35. The third-order valence-corrected chi connectivity index (χ3v) is 3.15. The van der Waals surface area contributed by atoms with Gasteiger partial charge in [-0.15, -0.1) is 0 Å². The van der Waals surface area contributed by atoms with Crippen LogP contribution in [0.1, 0.15) is 11.1 Å². The van der Waals surface area contributed by atoms with Crippen LogP contribution in [0.4, 0.5) is 10.1 Å². The van der Waals surface area contributed by atoms with Crippen LogP contribution in [0.15, 0.2) is 36.4 Å². The van der Waals surface area contributed by atoms with Crippen LogP contribution in [-0.2, 0) is 6.54 Å². The lowest BCUT2D eigenvalue weighted by atomic mass is 10.1. The van der Waals surface area contributed by atoms with Gasteiger partial charge in [0, 0.05) is 23.9 Å². The number of nitrogens with one attached hydrogen (secondary N) is 1. The fraction of sp³-hybridized carbons (Fsp3) is 0.250. The molecule has 3 nitrogen and oxygen atoms in total. The Morgan fingerprint density at radius 3 is 2.50 bits per heavy atom. The van der Waals surface area contributed by atoms with Crippen molar-refractivity contribution in [3.63, 3.8) is 0 Å². The molecule has 106 valence electrons. The smallest absolute Gasteiger partial charge is 0.127 e. The van der Waals surface area contributed by atoms with E-state index in [1.807, 2.05) is 25.1 Å². The number of ether oxygens (including phenoxy) is 2. The van der Waals surface area contributed by atoms with Crippen LogP contribution in [0, 0.1) is 12.7 Å². The first-order chi connectivity index (χ1) is 9.63. The van der Waals surface area contributed by atoms with Gasteiger partial charge in [-0.3, -0.25) is 0 Å². The van der Waals surface area contributed by atoms with Gasteiger partial charge >= 0.3 is 0 Å². The van der Waals surface area contributed by atoms with E-state index in [1.54, 1.807) is 20.3 Å². The molecule has 0 bridgehead atoms. The summed E-state index contributed by atoms with van der Waals surface area (Å²) >= 11 is 0. The van der Waals surface area contributed by atoms with Crippen molar-refractivity contribution in [2.45, 2.75) is 13.5 Å². The van der Waals surface area contributed by atoms with Crippen LogP contribution >= 0.6 is 0 Å². The molecule has 0 saturated heterocycles. The molecular formula is C16H18FNO2. The van der Waals surface area contributed by atoms with Gasteiger partial charge in [0.15, 0.2) is 0 Å². The van der Waals surface area contributed by atoms with Crippen molar-refractivity contribution in [2.75, 3.05) is 19.5 Å². The van der Waals surface area contributed by atoms with Crippen molar-refractivity contribution in [3.05, 3.63) is 53.3 Å². The number of methoxy groups -OCH3 is 2. The summed E-state index contributed by atoms with van der Waals surface area (Å²) in [6, 6.07) is 10.4. The zero-order chi connectivity index (χ0) is 14.5. The molecular weight excluding hydrogens is 257 g/mol. The molecule has 0 heterocycles. The van der Waals surface area contributed by atoms with Crippen LogP contribution in [0.2, 0.25) is 0 Å². The average molecular weight is 275 g/mol. The first kappa shape index (κ1) is 14.2. The molecule has 0 aliphatic rings. The predicted molar refractivity (Wildman–Crippen MR) is 78.0 cm³/mol. The second kappa shape index (κ2) is 6.28. The van der Waals surface area contributed by atoms with Gasteiger partial charge in [0.25, 0.3) is 0 Å². The van der Waals surface area contributed by atoms with E-state index in [-0.39, 0.29) is 5.82 Å². The van der Waals surface area contributed by atoms with Crippen LogP contribution in [0.3, 0.4) is 0 Å². The molecule has 2 rings (SSSR count). The van der Waals surface area contributed by atoms with E-state index in [2.05, 4.69) is 5.32 Å². The molecule has 2 aromatic carbocycles. The quantitative estimate of drug-likeness (QED) is 0.901. The minimum absolute atomic E-state index is 0.227. The fourth-order valence-electron chi connectivity index (χ4n) is 2.01. The normalized spacial score (nSPS) is 10.2. The number of halogens is 1. The maximum Gasteiger partial charge on any atom is 0.127 e. The van der Waals surface area contributed by atoms with Crippen molar-refractivity contribution in [2.24, 2.45) is 0 Å². The number of hydrogen-bond donors (Lipinski definition) is 1. The van der Waals surface area contributed by atoms with Gasteiger partial charge in [-0.2, -0.15) is 0 Å². The Hall–Kier alpha value is -2.23. The number of benzene rings is 2. The third-order valence-electron chi connectivity index (χ3n) is 3.15. The van der Waals surface area contributed by atoms with E-state index in [0.717, 1.165) is 28.3 Å². The second-order valence-electron chi connectivity index (χ2n) is 4.49. The third kappa shape index (κ3) is 3.20. The summed E-state index contributed by atoms with van der Waals surface area (Å²) in [6.07, 6.45) is 0. The maximum atomic E-state index is 13.1. The van der Waals surface area contributed by atoms with Crippen molar-refractivity contribution >= 4 is 5.69 Å². The monoisotopic (exact) mass is 275 g/mol. The van der Waals surface area contributed by atoms with E-state index < -0.39 is 0 Å². The highest BCUT2D eigenvalue weighted by atomic mass is 19.1. The molecule has 20 heavy (non-hydrogen) atoms. The highest BCUT2D eigenvalue weighted by molar-refractivity contribution is 5.52. The van der Waals surface area contributed by atoms with Gasteiger partial charge in [0.1, 0.15) is 17.3 Å². The minimum atomic E-state index is -0.227. The number of rotatable bonds is 5. The molecule has 0 saturated carbocycles. The molecule has 0 radical (unpaired) electrons. The largest absolute Gasteiger partial charge is 0.497 e. The van der Waals surface area contributed by atoms with Crippen molar-refractivity contribution in [1.82, 2.24) is 0 Å². The maximum absolute atomic E-state index is 13.1. The summed E-state index contributed by atoms with van der Waals surface area (Å²) in [4.78, 5) is 0. The summed E-state index contributed by atoms with van der Waals surface area (Å²) in [5, 5.41) is 3.28. The Morgan fingerprint density at radius 1 is 1.05 bits per heavy atom. The van der Waals surface area contributed by atoms with E-state index in [4.69, 9.17) is 9.47 Å². The van der Waals surface area contributed by atoms with Gasteiger partial charge in [0.2, 0.25) is 0 Å². The molecule has 0 aliphatic heterocycles. The summed E-state index contributed by atoms with van der Waals surface area (Å²) in [5.41, 5.74) is 2.79. The SMILES string of the molecule is COc1ccc(CNc2ccc(F)cc2C)c(OC)c1. The molecule has 1 N–H and O–H groups in total. The summed E-state index contributed by atoms with van der Waals surface area (Å²) in [6.45, 7) is 2.47. The van der Waals surface area contributed by atoms with Crippen LogP contribution < -0.4 is 14.8 Å². The summed E-state index contributed by atoms with van der Waals surface area (Å²) in [5.74, 6) is 1.29. The van der Waals surface area contributed by atoms with Gasteiger partial charge in [-0.05, 0) is 42.8 Å². The Kier molecular flexibility index (Phi) is 4.45. The Bertz CT molecular complexity index is 599. The van der Waals surface area contributed by atoms with Gasteiger partial charge in [-0.25, -0.2) is 4.39 Å². The fourth-order valence-corrected chi connectivity index (χ4v) is 2.01. The van der Waals surface area contributed by atoms with E-state index in [9.17, 15) is 4.39 Å². The number of aryl methyl sites for hydroxylation is 1. The lowest BCUT2D eigenvalue weighted by Crippen LogP contribution is -2.03. The Morgan fingerprint density at radius 2 is 1.85 bits per heavy atom. The van der Waals surface area contributed by atoms with Crippen LogP contribution in [-0.4, -0.2) is 14.2 Å². The molecule has 0 spiro atoms. The first-order valence-corrected chi connectivity index (χ1v) is 6.35. The standard InChI is InChI=1S/C16H18FNO2/c1-11-8-13(17)5-7-15(11)18-10-12-4-6-14(19-2)9-16(12)20-3/h4-9,18H,10H2,1-3H3. The zero-order valence-corrected chi connectivity index (χ0v) is 11.9. The zero-order valence-electron chi connectivity index (χ0n) is 11.9. The lowest BCUT2D eigenvalue weighted by molar-refractivity contribution is 0.391. The van der Waals surface area contributed by atoms with Crippen molar-refractivity contribution in [1.29, 1.82) is 0 Å². The predicted octanol–water partition coefficient (Wildman–Crippen LogP) is 3.76. The van der Waals surface area contributed by atoms with Gasteiger partial charge in [0.05, 0.1) is 14.2 Å². The number of anilines is 1. The molecule has 4 heteroatoms. The van der Waals surface area contributed by atoms with Gasteiger partial charge in [-0.1, -0.05) is 0 Å². The molecule has 0 fully saturated rings. The van der Waals surface area contributed by atoms with Crippen LogP contribution in [0.5, 0.6) is 11.5 Å². The van der Waals surface area contributed by atoms with E-state index in [0.29, 0.717) is 6.54 Å². The molecule has 2 aromatic rings. The summed E-state index contributed by atoms with van der Waals surface area (Å²) < 4.78 is 23.6. The average Bonchev–Trinajstić information content (AvgIpc) is 2.46. The highest BCUT2D eigenvalue weighted by Gasteiger charge is 2.06.